The van der Waals surface area contributed by atoms with Gasteiger partial charge in [0, 0.05) is 0 Å². The Hall–Kier alpha value is -1.05. The summed E-state index contributed by atoms with van der Waals surface area (Å²) < 4.78 is 4.73. The standard InChI is InChI=1S/C9H14O2/c1-5-7(3)8(4)9(10)11-6-2/h3-6H2,1-2H3. The number of rotatable bonds is 4. The van der Waals surface area contributed by atoms with E-state index in [0.717, 1.165) is 12.0 Å². The van der Waals surface area contributed by atoms with Gasteiger partial charge in [0.1, 0.15) is 0 Å². The van der Waals surface area contributed by atoms with Crippen molar-refractivity contribution in [3.63, 3.8) is 0 Å². The zero-order valence-electron chi connectivity index (χ0n) is 7.14. The van der Waals surface area contributed by atoms with E-state index in [4.69, 9.17) is 4.74 Å². The van der Waals surface area contributed by atoms with E-state index in [0.29, 0.717) is 12.2 Å². The van der Waals surface area contributed by atoms with Crippen molar-refractivity contribution in [3.05, 3.63) is 24.3 Å². The van der Waals surface area contributed by atoms with Crippen LogP contribution in [0.15, 0.2) is 24.3 Å². The molecule has 0 N–H and O–H groups in total. The summed E-state index contributed by atoms with van der Waals surface area (Å²) in [5.74, 6) is -0.362. The van der Waals surface area contributed by atoms with E-state index in [9.17, 15) is 4.79 Å². The van der Waals surface area contributed by atoms with Gasteiger partial charge in [0.25, 0.3) is 0 Å². The number of esters is 1. The lowest BCUT2D eigenvalue weighted by molar-refractivity contribution is -0.138. The molecule has 0 amide bonds. The summed E-state index contributed by atoms with van der Waals surface area (Å²) in [5.41, 5.74) is 1.12. The van der Waals surface area contributed by atoms with Crippen LogP contribution in [0.2, 0.25) is 0 Å². The Balaban J connectivity index is 4.03. The summed E-state index contributed by atoms with van der Waals surface area (Å²) in [4.78, 5) is 11.0. The fraction of sp³-hybridized carbons (Fsp3) is 0.444. The first kappa shape index (κ1) is 9.95. The maximum atomic E-state index is 11.0. The van der Waals surface area contributed by atoms with Gasteiger partial charge in [0.05, 0.1) is 12.2 Å². The maximum absolute atomic E-state index is 11.0. The van der Waals surface area contributed by atoms with Crippen molar-refractivity contribution in [2.24, 2.45) is 0 Å². The van der Waals surface area contributed by atoms with Gasteiger partial charge in [-0.15, -0.1) is 0 Å². The maximum Gasteiger partial charge on any atom is 0.337 e. The monoisotopic (exact) mass is 154 g/mol. The molecule has 0 aliphatic carbocycles. The first-order chi connectivity index (χ1) is 5.13. The van der Waals surface area contributed by atoms with Crippen LogP contribution in [0.25, 0.3) is 0 Å². The second-order valence-electron chi connectivity index (χ2n) is 2.16. The second kappa shape index (κ2) is 4.72. The lowest BCUT2D eigenvalue weighted by atomic mass is 10.1. The third kappa shape index (κ3) is 3.03. The van der Waals surface area contributed by atoms with E-state index >= 15 is 0 Å². The highest BCUT2D eigenvalue weighted by Gasteiger charge is 2.08. The van der Waals surface area contributed by atoms with Gasteiger partial charge in [0.15, 0.2) is 0 Å². The summed E-state index contributed by atoms with van der Waals surface area (Å²) in [6, 6.07) is 0. The first-order valence-electron chi connectivity index (χ1n) is 3.67. The average Bonchev–Trinajstić information content (AvgIpc) is 2.02. The van der Waals surface area contributed by atoms with Crippen molar-refractivity contribution < 1.29 is 9.53 Å². The fourth-order valence-electron chi connectivity index (χ4n) is 0.576. The molecule has 0 spiro atoms. The molecule has 62 valence electrons. The Bertz CT molecular complexity index is 180. The molecule has 0 bridgehead atoms. The normalized spacial score (nSPS) is 8.91. The van der Waals surface area contributed by atoms with Crippen molar-refractivity contribution in [1.29, 1.82) is 0 Å². The molecule has 0 radical (unpaired) electrons. The summed E-state index contributed by atoms with van der Waals surface area (Å²) in [6.45, 7) is 11.3. The third-order valence-corrected chi connectivity index (χ3v) is 1.38. The summed E-state index contributed by atoms with van der Waals surface area (Å²) >= 11 is 0. The van der Waals surface area contributed by atoms with Gasteiger partial charge in [-0.05, 0) is 18.9 Å². The molecule has 0 aliphatic rings. The van der Waals surface area contributed by atoms with Crippen molar-refractivity contribution in [2.45, 2.75) is 20.3 Å². The highest BCUT2D eigenvalue weighted by molar-refractivity contribution is 5.92. The molecule has 0 aliphatic heterocycles. The Kier molecular flexibility index (Phi) is 4.27. The van der Waals surface area contributed by atoms with Gasteiger partial charge in [-0.3, -0.25) is 0 Å². The topological polar surface area (TPSA) is 26.3 Å². The van der Waals surface area contributed by atoms with E-state index in [2.05, 4.69) is 13.2 Å². The highest BCUT2D eigenvalue weighted by atomic mass is 16.5. The molecular weight excluding hydrogens is 140 g/mol. The number of ether oxygens (including phenoxy) is 1. The van der Waals surface area contributed by atoms with E-state index in [1.165, 1.54) is 0 Å². The molecule has 0 heterocycles. The molecule has 0 saturated carbocycles. The van der Waals surface area contributed by atoms with Crippen LogP contribution in [0.5, 0.6) is 0 Å². The predicted octanol–water partition coefficient (Wildman–Crippen LogP) is 2.07. The van der Waals surface area contributed by atoms with Crippen LogP contribution < -0.4 is 0 Å². The zero-order chi connectivity index (χ0) is 8.85. The van der Waals surface area contributed by atoms with Gasteiger partial charge in [0.2, 0.25) is 0 Å². The molecule has 0 aromatic rings. The zero-order valence-corrected chi connectivity index (χ0v) is 7.14. The highest BCUT2D eigenvalue weighted by Crippen LogP contribution is 2.10. The van der Waals surface area contributed by atoms with E-state index in [1.54, 1.807) is 6.92 Å². The van der Waals surface area contributed by atoms with E-state index in [-0.39, 0.29) is 5.97 Å². The lowest BCUT2D eigenvalue weighted by Crippen LogP contribution is -2.07. The Morgan fingerprint density at radius 1 is 1.36 bits per heavy atom. The number of carbonyl (C=O) groups excluding carboxylic acids is 1. The number of hydrogen-bond donors (Lipinski definition) is 0. The van der Waals surface area contributed by atoms with Crippen molar-refractivity contribution in [2.75, 3.05) is 6.61 Å². The molecule has 0 unspecified atom stereocenters. The molecule has 11 heavy (non-hydrogen) atoms. The lowest BCUT2D eigenvalue weighted by Gasteiger charge is -2.05. The van der Waals surface area contributed by atoms with Crippen LogP contribution in [0.4, 0.5) is 0 Å². The minimum atomic E-state index is -0.362. The second-order valence-corrected chi connectivity index (χ2v) is 2.16. The van der Waals surface area contributed by atoms with Crippen molar-refractivity contribution in [1.82, 2.24) is 0 Å². The molecule has 2 heteroatoms. The molecule has 2 nitrogen and oxygen atoms in total. The molecule has 0 rings (SSSR count). The van der Waals surface area contributed by atoms with Crippen molar-refractivity contribution >= 4 is 5.97 Å². The largest absolute Gasteiger partial charge is 0.462 e. The third-order valence-electron chi connectivity index (χ3n) is 1.38. The Morgan fingerprint density at radius 2 is 1.91 bits per heavy atom. The fourth-order valence-corrected chi connectivity index (χ4v) is 0.576. The van der Waals surface area contributed by atoms with Gasteiger partial charge in [-0.25, -0.2) is 4.79 Å². The summed E-state index contributed by atoms with van der Waals surface area (Å²) in [5, 5.41) is 0. The van der Waals surface area contributed by atoms with Crippen LogP contribution in [0.3, 0.4) is 0 Å². The van der Waals surface area contributed by atoms with Crippen LogP contribution in [-0.2, 0) is 9.53 Å². The van der Waals surface area contributed by atoms with Crippen LogP contribution in [-0.4, -0.2) is 12.6 Å². The van der Waals surface area contributed by atoms with Crippen LogP contribution >= 0.6 is 0 Å². The van der Waals surface area contributed by atoms with E-state index < -0.39 is 0 Å². The molecule has 0 aromatic heterocycles. The molecule has 0 fully saturated rings. The molecule has 0 aromatic carbocycles. The van der Waals surface area contributed by atoms with Gasteiger partial charge < -0.3 is 4.74 Å². The summed E-state index contributed by atoms with van der Waals surface area (Å²) in [6.07, 6.45) is 0.734. The van der Waals surface area contributed by atoms with Gasteiger partial charge in [-0.1, -0.05) is 20.1 Å². The van der Waals surface area contributed by atoms with E-state index in [1.807, 2.05) is 6.92 Å². The minimum absolute atomic E-state index is 0.362. The number of carbonyl (C=O) groups is 1. The van der Waals surface area contributed by atoms with Crippen molar-refractivity contribution in [3.8, 4) is 0 Å². The van der Waals surface area contributed by atoms with Gasteiger partial charge in [-0.2, -0.15) is 0 Å². The Morgan fingerprint density at radius 3 is 2.27 bits per heavy atom. The van der Waals surface area contributed by atoms with Crippen LogP contribution in [0.1, 0.15) is 20.3 Å². The predicted molar refractivity (Wildman–Crippen MR) is 45.2 cm³/mol. The average molecular weight is 154 g/mol. The smallest absolute Gasteiger partial charge is 0.337 e. The minimum Gasteiger partial charge on any atom is -0.462 e. The Labute approximate surface area is 67.6 Å². The first-order valence-corrected chi connectivity index (χ1v) is 3.67. The number of hydrogen-bond acceptors (Lipinski definition) is 2. The molecule has 0 saturated heterocycles. The SMILES string of the molecule is C=C(CC)C(=C)C(=O)OCC. The quantitative estimate of drug-likeness (QED) is 0.352. The van der Waals surface area contributed by atoms with Gasteiger partial charge >= 0.3 is 5.97 Å². The summed E-state index contributed by atoms with van der Waals surface area (Å²) in [7, 11) is 0. The van der Waals surface area contributed by atoms with Crippen LogP contribution in [0, 0.1) is 0 Å². The molecule has 0 atom stereocenters. The molecular formula is C9H14O2.